The van der Waals surface area contributed by atoms with Crippen molar-refractivity contribution in [3.8, 4) is 0 Å². The lowest BCUT2D eigenvalue weighted by atomic mass is 10.5. The molecule has 9 heavy (non-hydrogen) atoms. The third kappa shape index (κ3) is 1.45. The smallest absolute Gasteiger partial charge is 0.205 e. The van der Waals surface area contributed by atoms with Crippen LogP contribution in [0.5, 0.6) is 0 Å². The standard InChI is InChI=1S/C5H4N2OS/c1-4-2-5(6-3-9)7-8-4/h2H,1H3. The topological polar surface area (TPSA) is 38.4 Å². The normalized spacial score (nSPS) is 8.56. The fraction of sp³-hybridized carbons (Fsp3) is 0.200. The zero-order valence-electron chi connectivity index (χ0n) is 4.79. The Labute approximate surface area is 57.4 Å². The number of hydrogen-bond donors (Lipinski definition) is 0. The Hall–Kier alpha value is -0.990. The predicted molar refractivity (Wildman–Crippen MR) is 35.9 cm³/mol. The average molecular weight is 140 g/mol. The second-order valence-corrected chi connectivity index (χ2v) is 1.68. The Morgan fingerprint density at radius 1 is 1.89 bits per heavy atom. The number of rotatable bonds is 1. The summed E-state index contributed by atoms with van der Waals surface area (Å²) in [6, 6.07) is 1.68. The monoisotopic (exact) mass is 140 g/mol. The summed E-state index contributed by atoms with van der Waals surface area (Å²) in [6.45, 7) is 1.79. The summed E-state index contributed by atoms with van der Waals surface area (Å²) in [6.07, 6.45) is 0. The average Bonchev–Trinajstić information content (AvgIpc) is 2.17. The number of nitrogens with zero attached hydrogens (tertiary/aromatic N) is 2. The van der Waals surface area contributed by atoms with Gasteiger partial charge in [0.2, 0.25) is 5.82 Å². The minimum atomic E-state index is 0.475. The maximum Gasteiger partial charge on any atom is 0.205 e. The molecule has 46 valence electrons. The summed E-state index contributed by atoms with van der Waals surface area (Å²) >= 11 is 4.34. The SMILES string of the molecule is Cc1cc(N=C=S)no1. The Bertz CT molecular complexity index is 249. The fourth-order valence-electron chi connectivity index (χ4n) is 0.453. The van der Waals surface area contributed by atoms with E-state index in [-0.39, 0.29) is 0 Å². The van der Waals surface area contributed by atoms with Crippen LogP contribution in [-0.2, 0) is 0 Å². The molecule has 1 aromatic heterocycles. The van der Waals surface area contributed by atoms with E-state index >= 15 is 0 Å². The molecule has 0 unspecified atom stereocenters. The fourth-order valence-corrected chi connectivity index (χ4v) is 0.546. The van der Waals surface area contributed by atoms with E-state index in [9.17, 15) is 0 Å². The first-order valence-corrected chi connectivity index (χ1v) is 2.75. The molecule has 0 amide bonds. The first kappa shape index (κ1) is 6.13. The van der Waals surface area contributed by atoms with Gasteiger partial charge >= 0.3 is 0 Å². The van der Waals surface area contributed by atoms with Crippen LogP contribution in [0.2, 0.25) is 0 Å². The van der Waals surface area contributed by atoms with Crippen molar-refractivity contribution >= 4 is 23.2 Å². The molecule has 0 bridgehead atoms. The highest BCUT2D eigenvalue weighted by atomic mass is 32.1. The highest BCUT2D eigenvalue weighted by Gasteiger charge is 1.93. The van der Waals surface area contributed by atoms with Crippen LogP contribution >= 0.6 is 12.2 Å². The number of isothiocyanates is 1. The minimum absolute atomic E-state index is 0.475. The van der Waals surface area contributed by atoms with Crippen LogP contribution in [0, 0.1) is 6.92 Å². The van der Waals surface area contributed by atoms with Crippen LogP contribution in [0.15, 0.2) is 15.6 Å². The number of hydrogen-bond acceptors (Lipinski definition) is 4. The molecular weight excluding hydrogens is 136 g/mol. The van der Waals surface area contributed by atoms with E-state index in [1.807, 2.05) is 0 Å². The highest BCUT2D eigenvalue weighted by molar-refractivity contribution is 7.78. The third-order valence-corrected chi connectivity index (χ3v) is 0.867. The van der Waals surface area contributed by atoms with Gasteiger partial charge in [-0.25, -0.2) is 0 Å². The van der Waals surface area contributed by atoms with E-state index in [1.54, 1.807) is 13.0 Å². The maximum atomic E-state index is 4.69. The van der Waals surface area contributed by atoms with Gasteiger partial charge in [-0.15, -0.1) is 0 Å². The van der Waals surface area contributed by atoms with Gasteiger partial charge in [0.15, 0.2) is 0 Å². The Balaban J connectivity index is 2.97. The molecule has 0 aliphatic heterocycles. The zero-order valence-corrected chi connectivity index (χ0v) is 5.60. The Morgan fingerprint density at radius 3 is 3.11 bits per heavy atom. The molecule has 0 radical (unpaired) electrons. The molecule has 1 heterocycles. The summed E-state index contributed by atoms with van der Waals surface area (Å²) < 4.78 is 4.69. The molecule has 3 nitrogen and oxygen atoms in total. The molecule has 0 fully saturated rings. The van der Waals surface area contributed by atoms with Crippen LogP contribution in [0.1, 0.15) is 5.76 Å². The van der Waals surface area contributed by atoms with Crippen molar-refractivity contribution in [2.75, 3.05) is 0 Å². The number of thiocarbonyl (C=S) groups is 1. The summed E-state index contributed by atoms with van der Waals surface area (Å²) in [4.78, 5) is 3.59. The zero-order chi connectivity index (χ0) is 6.69. The van der Waals surface area contributed by atoms with Crippen molar-refractivity contribution < 1.29 is 4.52 Å². The summed E-state index contributed by atoms with van der Waals surface area (Å²) in [7, 11) is 0. The Kier molecular flexibility index (Phi) is 1.72. The van der Waals surface area contributed by atoms with Gasteiger partial charge in [0.1, 0.15) is 5.76 Å². The van der Waals surface area contributed by atoms with Gasteiger partial charge in [0, 0.05) is 6.07 Å². The molecule has 4 heteroatoms. The lowest BCUT2D eigenvalue weighted by Crippen LogP contribution is -1.54. The van der Waals surface area contributed by atoms with Gasteiger partial charge in [0.05, 0.1) is 5.16 Å². The number of aromatic nitrogens is 1. The van der Waals surface area contributed by atoms with Gasteiger partial charge in [-0.1, -0.05) is 5.16 Å². The molecule has 0 saturated carbocycles. The van der Waals surface area contributed by atoms with Gasteiger partial charge < -0.3 is 4.52 Å². The molecule has 0 atom stereocenters. The van der Waals surface area contributed by atoms with Crippen LogP contribution in [0.25, 0.3) is 0 Å². The van der Waals surface area contributed by atoms with E-state index in [1.165, 1.54) is 0 Å². The van der Waals surface area contributed by atoms with Gasteiger partial charge in [-0.05, 0) is 19.1 Å². The van der Waals surface area contributed by atoms with E-state index in [0.717, 1.165) is 5.76 Å². The van der Waals surface area contributed by atoms with Crippen molar-refractivity contribution in [3.05, 3.63) is 11.8 Å². The lowest BCUT2D eigenvalue weighted by molar-refractivity contribution is 0.399. The van der Waals surface area contributed by atoms with E-state index in [0.29, 0.717) is 5.82 Å². The quantitative estimate of drug-likeness (QED) is 0.440. The van der Waals surface area contributed by atoms with Crippen LogP contribution in [-0.4, -0.2) is 10.3 Å². The largest absolute Gasteiger partial charge is 0.359 e. The molecule has 0 aliphatic rings. The number of aliphatic imine (C=N–C) groups is 1. The predicted octanol–water partition coefficient (Wildman–Crippen LogP) is 1.72. The van der Waals surface area contributed by atoms with Gasteiger partial charge in [0.25, 0.3) is 0 Å². The molecule has 0 saturated heterocycles. The van der Waals surface area contributed by atoms with Crippen molar-refractivity contribution in [1.82, 2.24) is 5.16 Å². The van der Waals surface area contributed by atoms with Crippen LogP contribution in [0.4, 0.5) is 5.82 Å². The third-order valence-electron chi connectivity index (χ3n) is 0.776. The second kappa shape index (κ2) is 2.53. The molecule has 0 aliphatic carbocycles. The van der Waals surface area contributed by atoms with Crippen molar-refractivity contribution in [2.24, 2.45) is 4.99 Å². The summed E-state index contributed by atoms with van der Waals surface area (Å²) in [5.74, 6) is 1.20. The number of aryl methyl sites for hydroxylation is 1. The molecule has 0 spiro atoms. The first-order chi connectivity index (χ1) is 4.33. The molecule has 1 aromatic rings. The van der Waals surface area contributed by atoms with Crippen molar-refractivity contribution in [3.63, 3.8) is 0 Å². The Morgan fingerprint density at radius 2 is 2.67 bits per heavy atom. The molecular formula is C5H4N2OS. The first-order valence-electron chi connectivity index (χ1n) is 2.34. The lowest BCUT2D eigenvalue weighted by Gasteiger charge is -1.67. The van der Waals surface area contributed by atoms with Crippen molar-refractivity contribution in [1.29, 1.82) is 0 Å². The molecule has 0 aromatic carbocycles. The summed E-state index contributed by atoms with van der Waals surface area (Å²) in [5, 5.41) is 5.72. The summed E-state index contributed by atoms with van der Waals surface area (Å²) in [5.41, 5.74) is 0. The highest BCUT2D eigenvalue weighted by Crippen LogP contribution is 2.08. The van der Waals surface area contributed by atoms with Gasteiger partial charge in [-0.3, -0.25) is 0 Å². The minimum Gasteiger partial charge on any atom is -0.359 e. The molecule has 0 N–H and O–H groups in total. The van der Waals surface area contributed by atoms with Gasteiger partial charge in [-0.2, -0.15) is 4.99 Å². The van der Waals surface area contributed by atoms with E-state index in [4.69, 9.17) is 0 Å². The maximum absolute atomic E-state index is 4.69. The van der Waals surface area contributed by atoms with Crippen LogP contribution < -0.4 is 0 Å². The van der Waals surface area contributed by atoms with E-state index < -0.39 is 0 Å². The second-order valence-electron chi connectivity index (χ2n) is 1.50. The van der Waals surface area contributed by atoms with Crippen LogP contribution in [0.3, 0.4) is 0 Å². The van der Waals surface area contributed by atoms with Crippen molar-refractivity contribution in [2.45, 2.75) is 6.92 Å². The molecule has 1 rings (SSSR count). The van der Waals surface area contributed by atoms with E-state index in [2.05, 4.69) is 32.1 Å².